The van der Waals surface area contributed by atoms with Gasteiger partial charge < -0.3 is 15.1 Å². The minimum Gasteiger partial charge on any atom is -0.331 e. The van der Waals surface area contributed by atoms with Crippen LogP contribution in [0.2, 0.25) is 0 Å². The van der Waals surface area contributed by atoms with Gasteiger partial charge in [-0.1, -0.05) is 12.8 Å². The number of nitrogens with zero attached hydrogens (tertiary/aromatic N) is 3. The van der Waals surface area contributed by atoms with Gasteiger partial charge in [0.2, 0.25) is 5.91 Å². The van der Waals surface area contributed by atoms with E-state index in [4.69, 9.17) is 0 Å². The Kier molecular flexibility index (Phi) is 5.80. The maximum atomic E-state index is 12.6. The first kappa shape index (κ1) is 19.8. The molecule has 4 rings (SSSR count). The van der Waals surface area contributed by atoms with Crippen molar-refractivity contribution in [2.45, 2.75) is 50.6 Å². The van der Waals surface area contributed by atoms with Gasteiger partial charge in [-0.3, -0.25) is 19.5 Å². The summed E-state index contributed by atoms with van der Waals surface area (Å²) < 4.78 is 0. The van der Waals surface area contributed by atoms with Crippen LogP contribution >= 0.6 is 0 Å². The van der Waals surface area contributed by atoms with E-state index >= 15 is 0 Å². The van der Waals surface area contributed by atoms with Gasteiger partial charge in [0.15, 0.2) is 0 Å². The first-order chi connectivity index (χ1) is 14.1. The van der Waals surface area contributed by atoms with Crippen LogP contribution < -0.4 is 10.2 Å². The maximum absolute atomic E-state index is 12.6. The highest BCUT2D eigenvalue weighted by Gasteiger charge is 2.52. The number of aromatic nitrogens is 1. The standard InChI is InChI=1S/C21H29N5O3/c27-18(25-14-12-24(13-15-25)16-17-5-9-22-10-6-17)4-3-11-26-19(28)21(23-20(26)29)7-1-2-8-21/h5-6,9-10H,1-4,7-8,11-16H2,(H,23,29)/p+1. The second-order valence-corrected chi connectivity index (χ2v) is 8.44. The number of urea groups is 1. The Morgan fingerprint density at radius 3 is 2.52 bits per heavy atom. The lowest BCUT2D eigenvalue weighted by Crippen LogP contribution is -3.13. The van der Waals surface area contributed by atoms with Gasteiger partial charge in [0, 0.05) is 30.9 Å². The summed E-state index contributed by atoms with van der Waals surface area (Å²) in [5.74, 6) is 0.0244. The summed E-state index contributed by atoms with van der Waals surface area (Å²) in [4.78, 5) is 46.2. The number of rotatable bonds is 6. The van der Waals surface area contributed by atoms with E-state index in [2.05, 4.69) is 10.3 Å². The molecule has 4 amide bonds. The molecule has 0 unspecified atom stereocenters. The van der Waals surface area contributed by atoms with Crippen molar-refractivity contribution in [1.29, 1.82) is 0 Å². The minimum atomic E-state index is -0.658. The molecule has 29 heavy (non-hydrogen) atoms. The van der Waals surface area contributed by atoms with E-state index in [9.17, 15) is 14.4 Å². The van der Waals surface area contributed by atoms with E-state index in [1.165, 1.54) is 15.4 Å². The van der Waals surface area contributed by atoms with Crippen LogP contribution in [-0.4, -0.2) is 70.9 Å². The fraction of sp³-hybridized carbons (Fsp3) is 0.619. The number of imide groups is 1. The van der Waals surface area contributed by atoms with Crippen molar-refractivity contribution in [3.63, 3.8) is 0 Å². The molecule has 1 spiro atoms. The Bertz CT molecular complexity index is 755. The third kappa shape index (κ3) is 4.27. The molecule has 0 bridgehead atoms. The first-order valence-electron chi connectivity index (χ1n) is 10.7. The Balaban J connectivity index is 1.19. The van der Waals surface area contributed by atoms with E-state index in [1.54, 1.807) is 0 Å². The third-order valence-electron chi connectivity index (χ3n) is 6.50. The predicted octanol–water partition coefficient (Wildman–Crippen LogP) is -0.0465. The molecule has 0 aromatic carbocycles. The molecule has 2 N–H and O–H groups in total. The molecule has 8 heteroatoms. The van der Waals surface area contributed by atoms with E-state index in [-0.39, 0.29) is 17.8 Å². The lowest BCUT2D eigenvalue weighted by atomic mass is 9.98. The van der Waals surface area contributed by atoms with Crippen molar-refractivity contribution in [1.82, 2.24) is 20.1 Å². The third-order valence-corrected chi connectivity index (χ3v) is 6.50. The lowest BCUT2D eigenvalue weighted by molar-refractivity contribution is -0.917. The molecular formula is C21H30N5O3+. The molecule has 3 fully saturated rings. The molecule has 1 aromatic heterocycles. The van der Waals surface area contributed by atoms with E-state index < -0.39 is 5.54 Å². The number of carbonyl (C=O) groups is 3. The van der Waals surface area contributed by atoms with Crippen molar-refractivity contribution < 1.29 is 19.3 Å². The average Bonchev–Trinajstić information content (AvgIpc) is 3.29. The number of quaternary nitrogens is 1. The van der Waals surface area contributed by atoms with Crippen LogP contribution in [0.25, 0.3) is 0 Å². The maximum Gasteiger partial charge on any atom is 0.325 e. The highest BCUT2D eigenvalue weighted by molar-refractivity contribution is 6.07. The molecule has 2 aliphatic heterocycles. The number of hydrogen-bond acceptors (Lipinski definition) is 4. The summed E-state index contributed by atoms with van der Waals surface area (Å²) in [6.45, 7) is 4.66. The smallest absolute Gasteiger partial charge is 0.325 e. The van der Waals surface area contributed by atoms with Gasteiger partial charge in [0.1, 0.15) is 12.1 Å². The van der Waals surface area contributed by atoms with Gasteiger partial charge >= 0.3 is 6.03 Å². The Labute approximate surface area is 171 Å². The summed E-state index contributed by atoms with van der Waals surface area (Å²) in [5.41, 5.74) is 0.609. The molecule has 8 nitrogen and oxygen atoms in total. The van der Waals surface area contributed by atoms with Crippen molar-refractivity contribution in [3.05, 3.63) is 30.1 Å². The number of hydrogen-bond donors (Lipinski definition) is 2. The molecule has 1 saturated carbocycles. The minimum absolute atomic E-state index is 0.0965. The van der Waals surface area contributed by atoms with Gasteiger partial charge in [-0.2, -0.15) is 0 Å². The number of nitrogens with one attached hydrogen (secondary N) is 2. The zero-order chi connectivity index (χ0) is 20.3. The van der Waals surface area contributed by atoms with Crippen molar-refractivity contribution in [2.75, 3.05) is 32.7 Å². The first-order valence-corrected chi connectivity index (χ1v) is 10.7. The van der Waals surface area contributed by atoms with Gasteiger partial charge in [0.25, 0.3) is 5.91 Å². The van der Waals surface area contributed by atoms with Gasteiger partial charge in [-0.05, 0) is 31.4 Å². The Hall–Kier alpha value is -2.48. The second-order valence-electron chi connectivity index (χ2n) is 8.44. The monoisotopic (exact) mass is 400 g/mol. The molecule has 0 radical (unpaired) electrons. The fourth-order valence-electron chi connectivity index (χ4n) is 4.78. The van der Waals surface area contributed by atoms with Crippen LogP contribution in [-0.2, 0) is 16.1 Å². The van der Waals surface area contributed by atoms with Crippen LogP contribution in [0.3, 0.4) is 0 Å². The highest BCUT2D eigenvalue weighted by atomic mass is 16.2. The molecule has 1 aliphatic carbocycles. The summed E-state index contributed by atoms with van der Waals surface area (Å²) >= 11 is 0. The Morgan fingerprint density at radius 1 is 1.14 bits per heavy atom. The average molecular weight is 401 g/mol. The zero-order valence-corrected chi connectivity index (χ0v) is 16.9. The molecule has 0 atom stereocenters. The van der Waals surface area contributed by atoms with Crippen molar-refractivity contribution >= 4 is 17.8 Å². The van der Waals surface area contributed by atoms with Crippen LogP contribution in [0.4, 0.5) is 4.79 Å². The molecule has 2 saturated heterocycles. The number of carbonyl (C=O) groups excluding carboxylic acids is 3. The molecule has 3 aliphatic rings. The summed E-state index contributed by atoms with van der Waals surface area (Å²) in [6.07, 6.45) is 7.96. The van der Waals surface area contributed by atoms with Gasteiger partial charge in [-0.25, -0.2) is 4.79 Å². The van der Waals surface area contributed by atoms with Crippen LogP contribution in [0.15, 0.2) is 24.5 Å². The lowest BCUT2D eigenvalue weighted by Gasteiger charge is -2.32. The van der Waals surface area contributed by atoms with E-state index in [0.29, 0.717) is 19.4 Å². The highest BCUT2D eigenvalue weighted by Crippen LogP contribution is 2.35. The van der Waals surface area contributed by atoms with Gasteiger partial charge in [-0.15, -0.1) is 0 Å². The van der Waals surface area contributed by atoms with E-state index in [0.717, 1.165) is 58.4 Å². The van der Waals surface area contributed by atoms with Crippen molar-refractivity contribution in [2.24, 2.45) is 0 Å². The molecule has 3 heterocycles. The van der Waals surface area contributed by atoms with Gasteiger partial charge in [0.05, 0.1) is 26.2 Å². The summed E-state index contributed by atoms with van der Waals surface area (Å²) in [7, 11) is 0. The van der Waals surface area contributed by atoms with E-state index in [1.807, 2.05) is 29.4 Å². The quantitative estimate of drug-likeness (QED) is 0.656. The predicted molar refractivity (Wildman–Crippen MR) is 106 cm³/mol. The summed E-state index contributed by atoms with van der Waals surface area (Å²) in [6, 6.07) is 3.78. The SMILES string of the molecule is O=C(CCCN1C(=O)NC2(CCCC2)C1=O)N1CC[NH+](Cc2ccncc2)CC1. The topological polar surface area (TPSA) is 87.0 Å². The van der Waals surface area contributed by atoms with Crippen molar-refractivity contribution in [3.8, 4) is 0 Å². The zero-order valence-electron chi connectivity index (χ0n) is 16.9. The molecule has 156 valence electrons. The van der Waals surface area contributed by atoms with Crippen LogP contribution in [0, 0.1) is 0 Å². The second kappa shape index (κ2) is 8.49. The number of pyridine rings is 1. The Morgan fingerprint density at radius 2 is 1.83 bits per heavy atom. The fourth-order valence-corrected chi connectivity index (χ4v) is 4.78. The largest absolute Gasteiger partial charge is 0.331 e. The number of amides is 4. The van der Waals surface area contributed by atoms with Crippen LogP contribution in [0.1, 0.15) is 44.1 Å². The molecular weight excluding hydrogens is 370 g/mol. The normalized spacial score (nSPS) is 21.8. The number of piperazine rings is 1. The molecule has 1 aromatic rings. The summed E-state index contributed by atoms with van der Waals surface area (Å²) in [5, 5.41) is 2.89. The van der Waals surface area contributed by atoms with Crippen LogP contribution in [0.5, 0.6) is 0 Å².